The Balaban J connectivity index is 3.88. The van der Waals surface area contributed by atoms with Crippen LogP contribution in [0.15, 0.2) is 0 Å². The van der Waals surface area contributed by atoms with Crippen molar-refractivity contribution >= 4 is 16.8 Å². The Kier molecular flexibility index (Phi) is 6.40. The molecule has 0 radical (unpaired) electrons. The summed E-state index contributed by atoms with van der Waals surface area (Å²) in [5.74, 6) is 0. The lowest BCUT2D eigenvalue weighted by atomic mass is 9.76. The highest BCUT2D eigenvalue weighted by molar-refractivity contribution is 6.63. The number of halogens is 1. The van der Waals surface area contributed by atoms with E-state index in [-0.39, 0.29) is 5.24 Å². The molecule has 78 valence electrons. The fraction of sp³-hybridized carbons (Fsp3) is 0.909. The highest BCUT2D eigenvalue weighted by atomic mass is 35.5. The molecule has 0 fully saturated rings. The van der Waals surface area contributed by atoms with Crippen molar-refractivity contribution in [3.8, 4) is 0 Å². The Labute approximate surface area is 86.9 Å². The third-order valence-electron chi connectivity index (χ3n) is 3.33. The molecule has 0 aromatic carbocycles. The predicted octanol–water partition coefficient (Wildman–Crippen LogP) is 4.14. The summed E-state index contributed by atoms with van der Waals surface area (Å²) in [4.78, 5) is 10.6. The maximum Gasteiger partial charge on any atom is 0.221 e. The van der Waals surface area contributed by atoms with Gasteiger partial charge in [0, 0.05) is 6.42 Å². The molecule has 0 heterocycles. The van der Waals surface area contributed by atoms with E-state index < -0.39 is 0 Å². The van der Waals surface area contributed by atoms with E-state index in [1.807, 2.05) is 0 Å². The van der Waals surface area contributed by atoms with Gasteiger partial charge in [-0.3, -0.25) is 4.79 Å². The third kappa shape index (κ3) is 4.66. The van der Waals surface area contributed by atoms with Crippen molar-refractivity contribution < 1.29 is 4.79 Å². The minimum atomic E-state index is -0.197. The minimum absolute atomic E-state index is 0.197. The molecule has 13 heavy (non-hydrogen) atoms. The van der Waals surface area contributed by atoms with Gasteiger partial charge in [0.05, 0.1) is 0 Å². The highest BCUT2D eigenvalue weighted by Crippen LogP contribution is 2.35. The summed E-state index contributed by atoms with van der Waals surface area (Å²) >= 11 is 5.30. The van der Waals surface area contributed by atoms with Crippen LogP contribution in [0.2, 0.25) is 0 Å². The zero-order chi connectivity index (χ0) is 10.3. The van der Waals surface area contributed by atoms with Gasteiger partial charge in [-0.25, -0.2) is 0 Å². The van der Waals surface area contributed by atoms with Gasteiger partial charge >= 0.3 is 0 Å². The number of carbonyl (C=O) groups excluding carboxylic acids is 1. The summed E-state index contributed by atoms with van der Waals surface area (Å²) < 4.78 is 0. The SMILES string of the molecule is CCC(CC)(CC)CCCC(=O)Cl. The summed E-state index contributed by atoms with van der Waals surface area (Å²) in [5.41, 5.74) is 0.451. The Morgan fingerprint density at radius 1 is 1.15 bits per heavy atom. The van der Waals surface area contributed by atoms with Gasteiger partial charge in [-0.15, -0.1) is 0 Å². The number of rotatable bonds is 7. The molecule has 0 unspecified atom stereocenters. The van der Waals surface area contributed by atoms with Gasteiger partial charge in [0.2, 0.25) is 5.24 Å². The second kappa shape index (κ2) is 6.42. The van der Waals surface area contributed by atoms with E-state index in [2.05, 4.69) is 20.8 Å². The van der Waals surface area contributed by atoms with E-state index in [1.165, 1.54) is 19.3 Å². The molecule has 0 saturated carbocycles. The topological polar surface area (TPSA) is 17.1 Å². The maximum atomic E-state index is 10.6. The Hall–Kier alpha value is -0.0400. The molecule has 0 N–H and O–H groups in total. The van der Waals surface area contributed by atoms with Crippen molar-refractivity contribution in [2.24, 2.45) is 5.41 Å². The van der Waals surface area contributed by atoms with E-state index in [0.717, 1.165) is 12.8 Å². The molecular formula is C11H21ClO. The Morgan fingerprint density at radius 3 is 1.92 bits per heavy atom. The molecule has 0 saturated heterocycles. The quantitative estimate of drug-likeness (QED) is 0.570. The van der Waals surface area contributed by atoms with E-state index in [9.17, 15) is 4.79 Å². The molecule has 0 bridgehead atoms. The standard InChI is InChI=1S/C11H21ClO/c1-4-11(5-2,6-3)9-7-8-10(12)13/h4-9H2,1-3H3. The fourth-order valence-corrected chi connectivity index (χ4v) is 2.02. The molecule has 0 atom stereocenters. The van der Waals surface area contributed by atoms with Gasteiger partial charge in [-0.2, -0.15) is 0 Å². The van der Waals surface area contributed by atoms with Gasteiger partial charge in [0.25, 0.3) is 0 Å². The zero-order valence-corrected chi connectivity index (χ0v) is 9.78. The van der Waals surface area contributed by atoms with Crippen LogP contribution >= 0.6 is 11.6 Å². The lowest BCUT2D eigenvalue weighted by Crippen LogP contribution is -2.17. The molecule has 0 amide bonds. The summed E-state index contributed by atoms with van der Waals surface area (Å²) in [5, 5.41) is -0.197. The first-order valence-electron chi connectivity index (χ1n) is 5.28. The molecule has 0 aromatic rings. The summed E-state index contributed by atoms with van der Waals surface area (Å²) in [6.07, 6.45) is 6.22. The van der Waals surface area contributed by atoms with Crippen LogP contribution in [0, 0.1) is 5.41 Å². The number of hydrogen-bond acceptors (Lipinski definition) is 1. The van der Waals surface area contributed by atoms with Crippen LogP contribution in [0.4, 0.5) is 0 Å². The van der Waals surface area contributed by atoms with Gasteiger partial charge < -0.3 is 0 Å². The summed E-state index contributed by atoms with van der Waals surface area (Å²) in [6, 6.07) is 0. The van der Waals surface area contributed by atoms with Crippen molar-refractivity contribution in [1.82, 2.24) is 0 Å². The predicted molar refractivity (Wildman–Crippen MR) is 58.0 cm³/mol. The van der Waals surface area contributed by atoms with Crippen molar-refractivity contribution in [1.29, 1.82) is 0 Å². The third-order valence-corrected chi connectivity index (χ3v) is 3.52. The molecule has 0 aromatic heterocycles. The van der Waals surface area contributed by atoms with Crippen LogP contribution in [-0.2, 0) is 4.79 Å². The molecule has 1 nitrogen and oxygen atoms in total. The molecular weight excluding hydrogens is 184 g/mol. The average Bonchev–Trinajstić information content (AvgIpc) is 2.13. The Bertz CT molecular complexity index is 142. The average molecular weight is 205 g/mol. The fourth-order valence-electron chi connectivity index (χ4n) is 1.88. The van der Waals surface area contributed by atoms with Crippen LogP contribution in [0.25, 0.3) is 0 Å². The maximum absolute atomic E-state index is 10.6. The highest BCUT2D eigenvalue weighted by Gasteiger charge is 2.23. The first-order valence-corrected chi connectivity index (χ1v) is 5.66. The number of hydrogen-bond donors (Lipinski definition) is 0. The molecule has 0 aliphatic heterocycles. The molecule has 2 heteroatoms. The second-order valence-electron chi connectivity index (χ2n) is 3.77. The van der Waals surface area contributed by atoms with E-state index in [1.54, 1.807) is 0 Å². The Morgan fingerprint density at radius 2 is 1.62 bits per heavy atom. The molecule has 0 rings (SSSR count). The zero-order valence-electron chi connectivity index (χ0n) is 9.03. The van der Waals surface area contributed by atoms with Gasteiger partial charge in [0.1, 0.15) is 0 Å². The van der Waals surface area contributed by atoms with Gasteiger partial charge in [-0.05, 0) is 29.9 Å². The lowest BCUT2D eigenvalue weighted by Gasteiger charge is -2.30. The summed E-state index contributed by atoms with van der Waals surface area (Å²) in [6.45, 7) is 6.69. The van der Waals surface area contributed by atoms with Gasteiger partial charge in [0.15, 0.2) is 0 Å². The molecule has 0 aliphatic rings. The first-order chi connectivity index (χ1) is 6.10. The van der Waals surface area contributed by atoms with E-state index >= 15 is 0 Å². The largest absolute Gasteiger partial charge is 0.281 e. The lowest BCUT2D eigenvalue weighted by molar-refractivity contribution is -0.111. The van der Waals surface area contributed by atoms with Crippen LogP contribution in [0.5, 0.6) is 0 Å². The van der Waals surface area contributed by atoms with Crippen molar-refractivity contribution in [2.45, 2.75) is 59.3 Å². The second-order valence-corrected chi connectivity index (χ2v) is 4.19. The van der Waals surface area contributed by atoms with Crippen LogP contribution in [-0.4, -0.2) is 5.24 Å². The smallest absolute Gasteiger partial charge is 0.221 e. The number of carbonyl (C=O) groups is 1. The van der Waals surface area contributed by atoms with Crippen LogP contribution < -0.4 is 0 Å². The van der Waals surface area contributed by atoms with Crippen molar-refractivity contribution in [3.05, 3.63) is 0 Å². The molecule has 0 spiro atoms. The van der Waals surface area contributed by atoms with E-state index in [0.29, 0.717) is 11.8 Å². The van der Waals surface area contributed by atoms with Gasteiger partial charge in [-0.1, -0.05) is 40.0 Å². The molecule has 0 aliphatic carbocycles. The van der Waals surface area contributed by atoms with E-state index in [4.69, 9.17) is 11.6 Å². The van der Waals surface area contributed by atoms with Crippen LogP contribution in [0.3, 0.4) is 0 Å². The monoisotopic (exact) mass is 204 g/mol. The summed E-state index contributed by atoms with van der Waals surface area (Å²) in [7, 11) is 0. The van der Waals surface area contributed by atoms with Crippen LogP contribution in [0.1, 0.15) is 59.3 Å². The first kappa shape index (κ1) is 13.0. The van der Waals surface area contributed by atoms with Crippen molar-refractivity contribution in [3.63, 3.8) is 0 Å². The minimum Gasteiger partial charge on any atom is -0.281 e. The normalized spacial score (nSPS) is 11.7. The van der Waals surface area contributed by atoms with Crippen molar-refractivity contribution in [2.75, 3.05) is 0 Å².